The van der Waals surface area contributed by atoms with Crippen LogP contribution in [0, 0.1) is 0 Å². The van der Waals surface area contributed by atoms with E-state index in [1.165, 1.54) is 27.2 Å². The van der Waals surface area contributed by atoms with E-state index in [4.69, 9.17) is 4.42 Å². The summed E-state index contributed by atoms with van der Waals surface area (Å²) in [5.74, 6) is 0. The van der Waals surface area contributed by atoms with E-state index in [1.54, 1.807) is 0 Å². The number of furan rings is 1. The number of fused-ring (bicyclic) bond motifs is 8. The van der Waals surface area contributed by atoms with Gasteiger partial charge in [0.05, 0.1) is 22.4 Å². The van der Waals surface area contributed by atoms with E-state index in [-0.39, 0.29) is 0 Å². The molecule has 230 valence electrons. The zero-order valence-corrected chi connectivity index (χ0v) is 26.6. The number of anilines is 3. The SMILES string of the molecule is c1ccc(-c2cccc(N(c3cccc4c3oc3c5ccccc5ccc43)c3cccc4c5ccccc5n(-c5ccccc5)c34)c2)cc1. The smallest absolute Gasteiger partial charge is 0.159 e. The number of aromatic nitrogens is 1. The van der Waals surface area contributed by atoms with Gasteiger partial charge < -0.3 is 13.9 Å². The molecule has 0 amide bonds. The molecule has 0 unspecified atom stereocenters. The average molecular weight is 627 g/mol. The van der Waals surface area contributed by atoms with Crippen molar-refractivity contribution in [1.82, 2.24) is 4.57 Å². The van der Waals surface area contributed by atoms with Gasteiger partial charge in [0, 0.05) is 38.3 Å². The first-order valence-corrected chi connectivity index (χ1v) is 16.7. The average Bonchev–Trinajstić information content (AvgIpc) is 3.73. The van der Waals surface area contributed by atoms with Gasteiger partial charge in [0.1, 0.15) is 5.58 Å². The van der Waals surface area contributed by atoms with E-state index in [9.17, 15) is 0 Å². The standard InChI is InChI=1S/C46H30N2O/c1-3-14-31(15-4-1)33-17-11-20-35(30-33)47(43-27-13-24-39-40-29-28-32-16-7-8-21-36(32)45(40)49-46(39)43)42-26-12-23-38-37-22-9-10-25-41(37)48(44(38)42)34-18-5-2-6-19-34/h1-30H. The Morgan fingerprint density at radius 3 is 1.90 bits per heavy atom. The third-order valence-corrected chi connectivity index (χ3v) is 9.75. The van der Waals surface area contributed by atoms with E-state index < -0.39 is 0 Å². The Kier molecular flexibility index (Phi) is 6.18. The first-order chi connectivity index (χ1) is 24.3. The normalized spacial score (nSPS) is 11.7. The minimum atomic E-state index is 0.860. The van der Waals surface area contributed by atoms with Crippen LogP contribution in [0.15, 0.2) is 186 Å². The molecule has 0 N–H and O–H groups in total. The van der Waals surface area contributed by atoms with Gasteiger partial charge in [0.2, 0.25) is 0 Å². The lowest BCUT2D eigenvalue weighted by atomic mass is 10.0. The molecule has 0 aliphatic rings. The van der Waals surface area contributed by atoms with Gasteiger partial charge in [0.15, 0.2) is 5.58 Å². The largest absolute Gasteiger partial charge is 0.453 e. The van der Waals surface area contributed by atoms with Crippen molar-refractivity contribution in [2.24, 2.45) is 0 Å². The number of hydrogen-bond donors (Lipinski definition) is 0. The molecule has 0 bridgehead atoms. The molecule has 0 spiro atoms. The summed E-state index contributed by atoms with van der Waals surface area (Å²) in [6.45, 7) is 0. The van der Waals surface area contributed by atoms with Crippen LogP contribution in [0.1, 0.15) is 0 Å². The summed E-state index contributed by atoms with van der Waals surface area (Å²) in [5.41, 5.74) is 10.6. The molecule has 2 heterocycles. The third kappa shape index (κ3) is 4.29. The molecule has 0 radical (unpaired) electrons. The maximum absolute atomic E-state index is 6.97. The molecule has 8 aromatic carbocycles. The molecular formula is C46H30N2O. The van der Waals surface area contributed by atoms with E-state index >= 15 is 0 Å². The van der Waals surface area contributed by atoms with Crippen molar-refractivity contribution in [2.45, 2.75) is 0 Å². The summed E-state index contributed by atoms with van der Waals surface area (Å²) < 4.78 is 9.38. The Morgan fingerprint density at radius 1 is 0.408 bits per heavy atom. The van der Waals surface area contributed by atoms with Crippen LogP contribution >= 0.6 is 0 Å². The highest BCUT2D eigenvalue weighted by molar-refractivity contribution is 6.19. The third-order valence-electron chi connectivity index (χ3n) is 9.75. The predicted molar refractivity (Wildman–Crippen MR) is 206 cm³/mol. The van der Waals surface area contributed by atoms with E-state index in [0.717, 1.165) is 61.2 Å². The second-order valence-corrected chi connectivity index (χ2v) is 12.5. The summed E-state index contributed by atoms with van der Waals surface area (Å²) in [6, 6.07) is 64.9. The lowest BCUT2D eigenvalue weighted by Crippen LogP contribution is -2.12. The van der Waals surface area contributed by atoms with Gasteiger partial charge in [-0.05, 0) is 65.0 Å². The Labute approximate surface area is 283 Å². The molecule has 0 atom stereocenters. The van der Waals surface area contributed by atoms with Crippen molar-refractivity contribution in [3.8, 4) is 16.8 Å². The van der Waals surface area contributed by atoms with Crippen LogP contribution < -0.4 is 4.90 Å². The number of para-hydroxylation sites is 4. The minimum Gasteiger partial charge on any atom is -0.453 e. The molecule has 3 nitrogen and oxygen atoms in total. The van der Waals surface area contributed by atoms with Crippen LogP contribution in [0.4, 0.5) is 17.1 Å². The fraction of sp³-hybridized carbons (Fsp3) is 0. The highest BCUT2D eigenvalue weighted by atomic mass is 16.3. The monoisotopic (exact) mass is 626 g/mol. The fourth-order valence-corrected chi connectivity index (χ4v) is 7.58. The van der Waals surface area contributed by atoms with Crippen LogP contribution in [0.2, 0.25) is 0 Å². The number of rotatable bonds is 5. The summed E-state index contributed by atoms with van der Waals surface area (Å²) in [6.07, 6.45) is 0. The zero-order valence-electron chi connectivity index (χ0n) is 26.6. The van der Waals surface area contributed by atoms with Gasteiger partial charge >= 0.3 is 0 Å². The van der Waals surface area contributed by atoms with Crippen LogP contribution in [0.5, 0.6) is 0 Å². The fourth-order valence-electron chi connectivity index (χ4n) is 7.58. The molecular weight excluding hydrogens is 597 g/mol. The predicted octanol–water partition coefficient (Wildman–Crippen LogP) is 13.0. The molecule has 10 rings (SSSR count). The molecule has 2 aromatic heterocycles. The molecule has 0 aliphatic carbocycles. The van der Waals surface area contributed by atoms with Gasteiger partial charge in [-0.25, -0.2) is 0 Å². The number of benzene rings is 8. The second kappa shape index (κ2) is 11.0. The van der Waals surface area contributed by atoms with Crippen molar-refractivity contribution < 1.29 is 4.42 Å². The van der Waals surface area contributed by atoms with Gasteiger partial charge in [-0.3, -0.25) is 0 Å². The molecule has 0 aliphatic heterocycles. The molecule has 0 fully saturated rings. The topological polar surface area (TPSA) is 21.3 Å². The lowest BCUT2D eigenvalue weighted by Gasteiger charge is -2.27. The molecule has 49 heavy (non-hydrogen) atoms. The molecule has 0 saturated heterocycles. The number of nitrogens with zero attached hydrogens (tertiary/aromatic N) is 2. The Hall–Kier alpha value is -6.58. The Bertz CT molecular complexity index is 2830. The van der Waals surface area contributed by atoms with Gasteiger partial charge in [-0.1, -0.05) is 133 Å². The van der Waals surface area contributed by atoms with Crippen molar-refractivity contribution >= 4 is 71.6 Å². The van der Waals surface area contributed by atoms with Crippen LogP contribution in [0.3, 0.4) is 0 Å². The maximum Gasteiger partial charge on any atom is 0.159 e. The van der Waals surface area contributed by atoms with Crippen molar-refractivity contribution in [3.63, 3.8) is 0 Å². The first-order valence-electron chi connectivity index (χ1n) is 16.7. The van der Waals surface area contributed by atoms with E-state index in [0.29, 0.717) is 0 Å². The first kappa shape index (κ1) is 27.5. The summed E-state index contributed by atoms with van der Waals surface area (Å²) in [7, 11) is 0. The Morgan fingerprint density at radius 2 is 1.04 bits per heavy atom. The van der Waals surface area contributed by atoms with E-state index in [1.807, 2.05) is 0 Å². The highest BCUT2D eigenvalue weighted by Crippen LogP contribution is 2.47. The van der Waals surface area contributed by atoms with Gasteiger partial charge in [-0.2, -0.15) is 0 Å². The number of hydrogen-bond acceptors (Lipinski definition) is 2. The van der Waals surface area contributed by atoms with Crippen molar-refractivity contribution in [1.29, 1.82) is 0 Å². The van der Waals surface area contributed by atoms with Crippen molar-refractivity contribution in [3.05, 3.63) is 182 Å². The summed E-state index contributed by atoms with van der Waals surface area (Å²) in [4.78, 5) is 2.39. The molecule has 10 aromatic rings. The molecule has 3 heteroatoms. The van der Waals surface area contributed by atoms with Crippen molar-refractivity contribution in [2.75, 3.05) is 4.90 Å². The second-order valence-electron chi connectivity index (χ2n) is 12.5. The quantitative estimate of drug-likeness (QED) is 0.190. The van der Waals surface area contributed by atoms with Crippen LogP contribution in [0.25, 0.3) is 71.3 Å². The van der Waals surface area contributed by atoms with Crippen LogP contribution in [-0.2, 0) is 0 Å². The van der Waals surface area contributed by atoms with Gasteiger partial charge in [0.25, 0.3) is 0 Å². The highest BCUT2D eigenvalue weighted by Gasteiger charge is 2.25. The summed E-state index contributed by atoms with van der Waals surface area (Å²) in [5, 5.41) is 6.91. The minimum absolute atomic E-state index is 0.860. The Balaban J connectivity index is 1.33. The maximum atomic E-state index is 6.97. The molecule has 0 saturated carbocycles. The summed E-state index contributed by atoms with van der Waals surface area (Å²) >= 11 is 0. The zero-order chi connectivity index (χ0) is 32.3. The van der Waals surface area contributed by atoms with Crippen LogP contribution in [-0.4, -0.2) is 4.57 Å². The van der Waals surface area contributed by atoms with Gasteiger partial charge in [-0.15, -0.1) is 0 Å². The lowest BCUT2D eigenvalue weighted by molar-refractivity contribution is 0.673. The van der Waals surface area contributed by atoms with E-state index in [2.05, 4.69) is 191 Å².